The van der Waals surface area contributed by atoms with E-state index in [0.717, 1.165) is 0 Å². The number of carboxylic acid groups (broad SMARTS) is 1. The van der Waals surface area contributed by atoms with Gasteiger partial charge in [0.2, 0.25) is 5.91 Å². The Morgan fingerprint density at radius 3 is 2.00 bits per heavy atom. The Kier molecular flexibility index (Phi) is 7.59. The highest BCUT2D eigenvalue weighted by Gasteiger charge is 2.21. The van der Waals surface area contributed by atoms with Crippen molar-refractivity contribution in [1.29, 1.82) is 0 Å². The van der Waals surface area contributed by atoms with E-state index in [0.29, 0.717) is 24.7 Å². The second-order valence-corrected chi connectivity index (χ2v) is 5.67. The van der Waals surface area contributed by atoms with Gasteiger partial charge in [-0.1, -0.05) is 27.7 Å². The Bertz CT molecular complexity index is 277. The van der Waals surface area contributed by atoms with E-state index in [4.69, 9.17) is 10.8 Å². The summed E-state index contributed by atoms with van der Waals surface area (Å²) < 4.78 is 0. The largest absolute Gasteiger partial charge is 0.481 e. The standard InChI is InChI=1S/C13H26N2O3/c1-8(2)5-10(7-12(16)17)15-13(18)11(14)6-9(3)4/h8-11H,5-7,14H2,1-4H3,(H,15,18)(H,16,17). The smallest absolute Gasteiger partial charge is 0.305 e. The third kappa shape index (κ3) is 8.06. The molecule has 0 saturated heterocycles. The minimum Gasteiger partial charge on any atom is -0.481 e. The molecule has 5 heteroatoms. The molecule has 0 heterocycles. The number of amides is 1. The fourth-order valence-corrected chi connectivity index (χ4v) is 1.90. The zero-order valence-corrected chi connectivity index (χ0v) is 11.8. The van der Waals surface area contributed by atoms with Crippen LogP contribution in [-0.2, 0) is 9.59 Å². The van der Waals surface area contributed by atoms with Gasteiger partial charge in [0, 0.05) is 6.04 Å². The van der Waals surface area contributed by atoms with Gasteiger partial charge in [-0.25, -0.2) is 0 Å². The maximum absolute atomic E-state index is 11.8. The molecule has 0 aromatic carbocycles. The van der Waals surface area contributed by atoms with E-state index in [-0.39, 0.29) is 18.4 Å². The molecule has 106 valence electrons. The normalized spacial score (nSPS) is 14.6. The number of aliphatic carboxylic acids is 1. The molecule has 0 bridgehead atoms. The second kappa shape index (κ2) is 8.08. The van der Waals surface area contributed by atoms with Crippen LogP contribution in [0, 0.1) is 11.8 Å². The van der Waals surface area contributed by atoms with Crippen LogP contribution in [0.2, 0.25) is 0 Å². The number of rotatable bonds is 8. The van der Waals surface area contributed by atoms with Gasteiger partial charge < -0.3 is 16.2 Å². The third-order valence-corrected chi connectivity index (χ3v) is 2.59. The Labute approximate surface area is 109 Å². The van der Waals surface area contributed by atoms with Crippen molar-refractivity contribution >= 4 is 11.9 Å². The summed E-state index contributed by atoms with van der Waals surface area (Å²) >= 11 is 0. The maximum Gasteiger partial charge on any atom is 0.305 e. The molecule has 0 aliphatic heterocycles. The number of nitrogens with one attached hydrogen (secondary N) is 1. The molecule has 0 fully saturated rings. The van der Waals surface area contributed by atoms with Crippen LogP contribution in [0.4, 0.5) is 0 Å². The molecule has 2 atom stereocenters. The van der Waals surface area contributed by atoms with Crippen LogP contribution in [-0.4, -0.2) is 29.1 Å². The predicted octanol–water partition coefficient (Wildman–Crippen LogP) is 1.37. The Morgan fingerprint density at radius 1 is 1.11 bits per heavy atom. The summed E-state index contributed by atoms with van der Waals surface area (Å²) in [5, 5.41) is 11.6. The lowest BCUT2D eigenvalue weighted by Gasteiger charge is -2.22. The van der Waals surface area contributed by atoms with Gasteiger partial charge in [0.15, 0.2) is 0 Å². The topological polar surface area (TPSA) is 92.4 Å². The van der Waals surface area contributed by atoms with Gasteiger partial charge in [-0.15, -0.1) is 0 Å². The van der Waals surface area contributed by atoms with Gasteiger partial charge >= 0.3 is 5.97 Å². The van der Waals surface area contributed by atoms with E-state index in [2.05, 4.69) is 5.32 Å². The fourth-order valence-electron chi connectivity index (χ4n) is 1.90. The van der Waals surface area contributed by atoms with E-state index < -0.39 is 12.0 Å². The molecule has 0 aliphatic carbocycles. The van der Waals surface area contributed by atoms with Crippen molar-refractivity contribution in [3.05, 3.63) is 0 Å². The zero-order chi connectivity index (χ0) is 14.3. The summed E-state index contributed by atoms with van der Waals surface area (Å²) in [7, 11) is 0. The summed E-state index contributed by atoms with van der Waals surface area (Å²) in [5.74, 6) is -0.487. The number of carbonyl (C=O) groups excluding carboxylic acids is 1. The van der Waals surface area contributed by atoms with Gasteiger partial charge in [-0.2, -0.15) is 0 Å². The first kappa shape index (κ1) is 16.9. The molecule has 5 nitrogen and oxygen atoms in total. The molecular formula is C13H26N2O3. The molecule has 0 saturated carbocycles. The highest BCUT2D eigenvalue weighted by molar-refractivity contribution is 5.82. The molecule has 0 aliphatic rings. The first-order chi connectivity index (χ1) is 8.22. The third-order valence-electron chi connectivity index (χ3n) is 2.59. The monoisotopic (exact) mass is 258 g/mol. The van der Waals surface area contributed by atoms with Gasteiger partial charge in [-0.3, -0.25) is 9.59 Å². The van der Waals surface area contributed by atoms with Crippen LogP contribution in [0.1, 0.15) is 47.0 Å². The highest BCUT2D eigenvalue weighted by Crippen LogP contribution is 2.09. The molecule has 0 aromatic heterocycles. The average Bonchev–Trinajstić information content (AvgIpc) is 2.13. The molecular weight excluding hydrogens is 232 g/mol. The number of nitrogens with two attached hydrogens (primary N) is 1. The van der Waals surface area contributed by atoms with Crippen molar-refractivity contribution in [2.24, 2.45) is 17.6 Å². The summed E-state index contributed by atoms with van der Waals surface area (Å²) in [6, 6.07) is -0.901. The number of hydrogen-bond acceptors (Lipinski definition) is 3. The molecule has 4 N–H and O–H groups in total. The van der Waals surface area contributed by atoms with E-state index in [1.54, 1.807) is 0 Å². The molecule has 0 spiro atoms. The quantitative estimate of drug-likeness (QED) is 0.613. The van der Waals surface area contributed by atoms with Crippen molar-refractivity contribution < 1.29 is 14.7 Å². The molecule has 0 rings (SSSR count). The van der Waals surface area contributed by atoms with Crippen LogP contribution in [0.5, 0.6) is 0 Å². The number of carboxylic acids is 1. The Morgan fingerprint density at radius 2 is 1.61 bits per heavy atom. The van der Waals surface area contributed by atoms with Crippen LogP contribution in [0.15, 0.2) is 0 Å². The van der Waals surface area contributed by atoms with Crippen LogP contribution in [0.25, 0.3) is 0 Å². The zero-order valence-electron chi connectivity index (χ0n) is 11.8. The highest BCUT2D eigenvalue weighted by atomic mass is 16.4. The summed E-state index contributed by atoms with van der Waals surface area (Å²) in [6.07, 6.45) is 1.19. The summed E-state index contributed by atoms with van der Waals surface area (Å²) in [5.41, 5.74) is 5.77. The first-order valence-electron chi connectivity index (χ1n) is 6.50. The average molecular weight is 258 g/mol. The van der Waals surface area contributed by atoms with Crippen LogP contribution >= 0.6 is 0 Å². The van der Waals surface area contributed by atoms with Crippen LogP contribution in [0.3, 0.4) is 0 Å². The fraction of sp³-hybridized carbons (Fsp3) is 0.846. The van der Waals surface area contributed by atoms with Crippen molar-refractivity contribution in [3.8, 4) is 0 Å². The van der Waals surface area contributed by atoms with Crippen molar-refractivity contribution in [1.82, 2.24) is 5.32 Å². The second-order valence-electron chi connectivity index (χ2n) is 5.67. The van der Waals surface area contributed by atoms with Crippen molar-refractivity contribution in [2.45, 2.75) is 59.0 Å². The van der Waals surface area contributed by atoms with Gasteiger partial charge in [0.1, 0.15) is 0 Å². The lowest BCUT2D eigenvalue weighted by molar-refractivity contribution is -0.137. The van der Waals surface area contributed by atoms with Gasteiger partial charge in [-0.05, 0) is 24.7 Å². The lowest BCUT2D eigenvalue weighted by Crippen LogP contribution is -2.47. The number of hydrogen-bond donors (Lipinski definition) is 3. The van der Waals surface area contributed by atoms with E-state index in [1.165, 1.54) is 0 Å². The molecule has 1 amide bonds. The molecule has 18 heavy (non-hydrogen) atoms. The maximum atomic E-state index is 11.8. The van der Waals surface area contributed by atoms with Gasteiger partial charge in [0.25, 0.3) is 0 Å². The molecule has 2 unspecified atom stereocenters. The van der Waals surface area contributed by atoms with Crippen LogP contribution < -0.4 is 11.1 Å². The van der Waals surface area contributed by atoms with E-state index in [9.17, 15) is 9.59 Å². The minimum absolute atomic E-state index is 0.0572. The predicted molar refractivity (Wildman–Crippen MR) is 71.1 cm³/mol. The lowest BCUT2D eigenvalue weighted by atomic mass is 9.99. The van der Waals surface area contributed by atoms with Crippen molar-refractivity contribution in [2.75, 3.05) is 0 Å². The number of carbonyl (C=O) groups is 2. The van der Waals surface area contributed by atoms with Gasteiger partial charge in [0.05, 0.1) is 12.5 Å². The SMILES string of the molecule is CC(C)CC(CC(=O)O)NC(=O)C(N)CC(C)C. The molecule has 0 radical (unpaired) electrons. The minimum atomic E-state index is -0.904. The Hall–Kier alpha value is -1.10. The summed E-state index contributed by atoms with van der Waals surface area (Å²) in [6.45, 7) is 7.98. The van der Waals surface area contributed by atoms with Crippen molar-refractivity contribution in [3.63, 3.8) is 0 Å². The molecule has 0 aromatic rings. The Balaban J connectivity index is 4.37. The first-order valence-corrected chi connectivity index (χ1v) is 6.50. The van der Waals surface area contributed by atoms with E-state index >= 15 is 0 Å². The van der Waals surface area contributed by atoms with E-state index in [1.807, 2.05) is 27.7 Å². The summed E-state index contributed by atoms with van der Waals surface area (Å²) in [4.78, 5) is 22.6.